The Hall–Kier alpha value is -3.37. The number of likely N-dealkylation sites (tertiary alicyclic amines) is 1. The number of fused-ring (bicyclic) bond motifs is 1. The molecule has 0 radical (unpaired) electrons. The fourth-order valence-corrected chi connectivity index (χ4v) is 5.00. The van der Waals surface area contributed by atoms with Crippen LogP contribution in [-0.4, -0.2) is 81.1 Å². The van der Waals surface area contributed by atoms with Crippen LogP contribution < -0.4 is 10.6 Å². The second-order valence-corrected chi connectivity index (χ2v) is 11.6. The number of carbonyl (C=O) groups excluding carboxylic acids is 2. The minimum absolute atomic E-state index is 0.0368. The number of carbonyl (C=O) groups is 2. The maximum absolute atomic E-state index is 13.1. The van der Waals surface area contributed by atoms with E-state index in [1.165, 1.54) is 0 Å². The van der Waals surface area contributed by atoms with Crippen molar-refractivity contribution >= 4 is 40.1 Å². The standard InChI is InChI=1S/C27H37ClN8O2/c1-16-24(26(38)31-17-14-36(15-17)23(37)9-8-10-34(5)6)35(7)22(30-16)13-29-25-18-11-19(27(2,3)4)20(28)12-21(18)32-33-25/h8-9,11-12,17H,10,13-15H2,1-7H3,(H,31,38)(H2,29,32,33). The maximum Gasteiger partial charge on any atom is 0.270 e. The summed E-state index contributed by atoms with van der Waals surface area (Å²) < 4.78 is 1.80. The summed E-state index contributed by atoms with van der Waals surface area (Å²) in [5.74, 6) is 1.18. The monoisotopic (exact) mass is 540 g/mol. The Morgan fingerprint density at radius 2 is 1.97 bits per heavy atom. The number of benzene rings is 1. The molecule has 204 valence electrons. The van der Waals surface area contributed by atoms with Gasteiger partial charge < -0.3 is 25.0 Å². The van der Waals surface area contributed by atoms with Gasteiger partial charge in [0.1, 0.15) is 11.5 Å². The molecule has 1 fully saturated rings. The highest BCUT2D eigenvalue weighted by atomic mass is 35.5. The molecule has 4 rings (SSSR count). The minimum atomic E-state index is -0.196. The Bertz CT molecular complexity index is 1380. The van der Waals surface area contributed by atoms with E-state index in [1.54, 1.807) is 15.5 Å². The summed E-state index contributed by atoms with van der Waals surface area (Å²) in [6.45, 7) is 10.3. The summed E-state index contributed by atoms with van der Waals surface area (Å²) in [6.07, 6.45) is 3.43. The topological polar surface area (TPSA) is 111 Å². The second kappa shape index (κ2) is 10.8. The quantitative estimate of drug-likeness (QED) is 0.378. The predicted octanol–water partition coefficient (Wildman–Crippen LogP) is 3.23. The average Bonchev–Trinajstić information content (AvgIpc) is 3.31. The van der Waals surface area contributed by atoms with E-state index in [-0.39, 0.29) is 23.3 Å². The van der Waals surface area contributed by atoms with Crippen molar-refractivity contribution in [3.05, 3.63) is 52.1 Å². The van der Waals surface area contributed by atoms with E-state index >= 15 is 0 Å². The molecule has 1 aliphatic heterocycles. The molecule has 0 atom stereocenters. The lowest BCUT2D eigenvalue weighted by Gasteiger charge is -2.39. The first kappa shape index (κ1) is 27.7. The summed E-state index contributed by atoms with van der Waals surface area (Å²) in [4.78, 5) is 33.6. The van der Waals surface area contributed by atoms with Crippen molar-refractivity contribution in [3.8, 4) is 0 Å². The van der Waals surface area contributed by atoms with E-state index in [0.29, 0.717) is 54.2 Å². The van der Waals surface area contributed by atoms with Gasteiger partial charge in [-0.2, -0.15) is 5.10 Å². The molecule has 1 aromatic carbocycles. The number of rotatable bonds is 8. The summed E-state index contributed by atoms with van der Waals surface area (Å²) in [7, 11) is 5.73. The van der Waals surface area contributed by atoms with Gasteiger partial charge in [0.25, 0.3) is 5.91 Å². The molecule has 2 aromatic heterocycles. The van der Waals surface area contributed by atoms with Gasteiger partial charge in [-0.15, -0.1) is 0 Å². The summed E-state index contributed by atoms with van der Waals surface area (Å²) in [5, 5.41) is 15.5. The summed E-state index contributed by atoms with van der Waals surface area (Å²) in [5.41, 5.74) is 2.94. The van der Waals surface area contributed by atoms with Crippen LogP contribution in [-0.2, 0) is 23.8 Å². The minimum Gasteiger partial charge on any atom is -0.361 e. The number of nitrogens with one attached hydrogen (secondary N) is 3. The van der Waals surface area contributed by atoms with Crippen LogP contribution in [0.2, 0.25) is 5.02 Å². The summed E-state index contributed by atoms with van der Waals surface area (Å²) >= 11 is 6.50. The van der Waals surface area contributed by atoms with Crippen molar-refractivity contribution < 1.29 is 9.59 Å². The molecule has 3 heterocycles. The molecule has 1 aliphatic rings. The number of aryl methyl sites for hydroxylation is 1. The molecule has 0 aliphatic carbocycles. The van der Waals surface area contributed by atoms with Gasteiger partial charge in [-0.3, -0.25) is 14.7 Å². The Morgan fingerprint density at radius 1 is 1.26 bits per heavy atom. The van der Waals surface area contributed by atoms with Crippen LogP contribution in [0, 0.1) is 6.92 Å². The van der Waals surface area contributed by atoms with Gasteiger partial charge in [0, 0.05) is 43.2 Å². The number of nitrogens with zero attached hydrogens (tertiary/aromatic N) is 5. The fraction of sp³-hybridized carbons (Fsp3) is 0.481. The van der Waals surface area contributed by atoms with Gasteiger partial charge in [-0.25, -0.2) is 4.98 Å². The first-order chi connectivity index (χ1) is 17.8. The Labute approximate surface area is 228 Å². The van der Waals surface area contributed by atoms with Crippen LogP contribution in [0.15, 0.2) is 24.3 Å². The molecule has 11 heteroatoms. The molecule has 0 saturated carbocycles. The Balaban J connectivity index is 1.39. The number of hydrogen-bond acceptors (Lipinski definition) is 6. The molecule has 3 aromatic rings. The van der Waals surface area contributed by atoms with Gasteiger partial charge in [-0.1, -0.05) is 38.4 Å². The summed E-state index contributed by atoms with van der Waals surface area (Å²) in [6, 6.07) is 3.89. The molecular formula is C27H37ClN8O2. The highest BCUT2D eigenvalue weighted by Gasteiger charge is 2.32. The van der Waals surface area contributed by atoms with Crippen LogP contribution >= 0.6 is 11.6 Å². The van der Waals surface area contributed by atoms with E-state index in [2.05, 4.69) is 52.7 Å². The normalized spacial score (nSPS) is 14.5. The molecule has 0 bridgehead atoms. The molecule has 3 N–H and O–H groups in total. The van der Waals surface area contributed by atoms with Crippen LogP contribution in [0.25, 0.3) is 10.9 Å². The van der Waals surface area contributed by atoms with Crippen molar-refractivity contribution in [2.75, 3.05) is 39.0 Å². The first-order valence-electron chi connectivity index (χ1n) is 12.7. The number of likely N-dealkylation sites (N-methyl/N-ethyl adjacent to an activating group) is 1. The number of hydrogen-bond donors (Lipinski definition) is 3. The number of H-pyrrole nitrogens is 1. The van der Waals surface area contributed by atoms with Crippen molar-refractivity contribution in [2.24, 2.45) is 7.05 Å². The Kier molecular flexibility index (Phi) is 7.85. The lowest BCUT2D eigenvalue weighted by Crippen LogP contribution is -2.60. The number of aromatic nitrogens is 4. The van der Waals surface area contributed by atoms with Gasteiger partial charge >= 0.3 is 0 Å². The predicted molar refractivity (Wildman–Crippen MR) is 151 cm³/mol. The number of halogens is 1. The van der Waals surface area contributed by atoms with Crippen LogP contribution in [0.3, 0.4) is 0 Å². The smallest absolute Gasteiger partial charge is 0.270 e. The third kappa shape index (κ3) is 5.86. The van der Waals surface area contributed by atoms with Crippen LogP contribution in [0.1, 0.15) is 48.3 Å². The van der Waals surface area contributed by atoms with E-state index in [9.17, 15) is 9.59 Å². The third-order valence-corrected chi connectivity index (χ3v) is 7.02. The zero-order valence-corrected chi connectivity index (χ0v) is 23.9. The van der Waals surface area contributed by atoms with Crippen molar-refractivity contribution in [2.45, 2.75) is 45.7 Å². The average molecular weight is 541 g/mol. The van der Waals surface area contributed by atoms with Crippen LogP contribution in [0.4, 0.5) is 5.82 Å². The highest BCUT2D eigenvalue weighted by Crippen LogP contribution is 2.34. The maximum atomic E-state index is 13.1. The lowest BCUT2D eigenvalue weighted by atomic mass is 9.86. The molecule has 0 spiro atoms. The molecule has 0 unspecified atom stereocenters. The van der Waals surface area contributed by atoms with Gasteiger partial charge in [0.15, 0.2) is 5.82 Å². The Morgan fingerprint density at radius 3 is 2.63 bits per heavy atom. The zero-order valence-electron chi connectivity index (χ0n) is 23.1. The van der Waals surface area contributed by atoms with E-state index in [0.717, 1.165) is 16.5 Å². The fourth-order valence-electron chi connectivity index (χ4n) is 4.55. The number of anilines is 1. The van der Waals surface area contributed by atoms with Crippen LogP contribution in [0.5, 0.6) is 0 Å². The second-order valence-electron chi connectivity index (χ2n) is 11.2. The number of imidazole rings is 1. The number of aromatic amines is 1. The molecular weight excluding hydrogens is 504 g/mol. The first-order valence-corrected chi connectivity index (χ1v) is 13.1. The van der Waals surface area contributed by atoms with Crippen molar-refractivity contribution in [1.82, 2.24) is 34.9 Å². The molecule has 38 heavy (non-hydrogen) atoms. The zero-order chi connectivity index (χ0) is 27.8. The largest absolute Gasteiger partial charge is 0.361 e. The van der Waals surface area contributed by atoms with Gasteiger partial charge in [0.05, 0.1) is 23.8 Å². The van der Waals surface area contributed by atoms with Crippen molar-refractivity contribution in [3.63, 3.8) is 0 Å². The molecule has 2 amide bonds. The van der Waals surface area contributed by atoms with E-state index < -0.39 is 0 Å². The third-order valence-electron chi connectivity index (χ3n) is 6.71. The van der Waals surface area contributed by atoms with Crippen molar-refractivity contribution in [1.29, 1.82) is 0 Å². The van der Waals surface area contributed by atoms with E-state index in [1.807, 2.05) is 45.1 Å². The highest BCUT2D eigenvalue weighted by molar-refractivity contribution is 6.32. The number of amides is 2. The van der Waals surface area contributed by atoms with Gasteiger partial charge in [-0.05, 0) is 44.1 Å². The molecule has 1 saturated heterocycles. The van der Waals surface area contributed by atoms with Gasteiger partial charge in [0.2, 0.25) is 5.91 Å². The molecule has 10 nitrogen and oxygen atoms in total. The van der Waals surface area contributed by atoms with E-state index in [4.69, 9.17) is 11.6 Å². The lowest BCUT2D eigenvalue weighted by molar-refractivity contribution is -0.130. The SMILES string of the molecule is Cc1nc(CNc2n[nH]c3cc(Cl)c(C(C)(C)C)cc23)n(C)c1C(=O)NC1CN(C(=O)C=CCN(C)C)C1.